The van der Waals surface area contributed by atoms with Gasteiger partial charge in [-0.25, -0.2) is 8.78 Å². The van der Waals surface area contributed by atoms with Crippen LogP contribution in [-0.2, 0) is 12.8 Å². The molecule has 0 unspecified atom stereocenters. The molecule has 0 radical (unpaired) electrons. The number of halogens is 2. The third kappa shape index (κ3) is 4.63. The normalized spacial score (nSPS) is 10.4. The van der Waals surface area contributed by atoms with E-state index in [1.165, 1.54) is 23.3 Å². The van der Waals surface area contributed by atoms with E-state index in [0.29, 0.717) is 5.56 Å². The minimum Gasteiger partial charge on any atom is -0.206 e. The molecule has 0 bridgehead atoms. The Morgan fingerprint density at radius 3 is 2.04 bits per heavy atom. The summed E-state index contributed by atoms with van der Waals surface area (Å²) in [5, 5.41) is 0. The smallest absolute Gasteiger partial charge is 0.139 e. The topological polar surface area (TPSA) is 0 Å². The van der Waals surface area contributed by atoms with Crippen molar-refractivity contribution < 1.29 is 8.78 Å². The number of rotatable bonds is 4. The highest BCUT2D eigenvalue weighted by molar-refractivity contribution is 5.66. The van der Waals surface area contributed by atoms with Crippen molar-refractivity contribution in [1.29, 1.82) is 0 Å². The predicted molar refractivity (Wildman–Crippen MR) is 108 cm³/mol. The van der Waals surface area contributed by atoms with Gasteiger partial charge >= 0.3 is 0 Å². The van der Waals surface area contributed by atoms with Crippen LogP contribution in [0.25, 0.3) is 11.1 Å². The van der Waals surface area contributed by atoms with Crippen LogP contribution in [0.2, 0.25) is 0 Å². The lowest BCUT2D eigenvalue weighted by molar-refractivity contribution is 0.600. The van der Waals surface area contributed by atoms with E-state index in [1.807, 2.05) is 48.5 Å². The highest BCUT2D eigenvalue weighted by Gasteiger charge is 2.10. The lowest BCUT2D eigenvalue weighted by atomic mass is 10.00. The predicted octanol–water partition coefficient (Wildman–Crippen LogP) is 6.55. The van der Waals surface area contributed by atoms with E-state index >= 15 is 0 Å². The zero-order valence-electron chi connectivity index (χ0n) is 15.7. The summed E-state index contributed by atoms with van der Waals surface area (Å²) >= 11 is 0. The first-order chi connectivity index (χ1) is 13.1. The molecule has 3 aromatic carbocycles. The van der Waals surface area contributed by atoms with Gasteiger partial charge in [0.15, 0.2) is 0 Å². The van der Waals surface area contributed by atoms with E-state index in [0.717, 1.165) is 24.8 Å². The second-order valence-corrected chi connectivity index (χ2v) is 6.56. The van der Waals surface area contributed by atoms with Gasteiger partial charge in [0.05, 0.1) is 5.56 Å². The first-order valence-electron chi connectivity index (χ1n) is 9.30. The fourth-order valence-corrected chi connectivity index (χ4v) is 2.97. The van der Waals surface area contributed by atoms with Crippen molar-refractivity contribution >= 4 is 0 Å². The first kappa shape index (κ1) is 18.9. The first-order valence-corrected chi connectivity index (χ1v) is 9.30. The van der Waals surface area contributed by atoms with Crippen LogP contribution in [0.15, 0.2) is 60.7 Å². The van der Waals surface area contributed by atoms with Crippen LogP contribution in [0.4, 0.5) is 8.78 Å². The maximum atomic E-state index is 14.6. The summed E-state index contributed by atoms with van der Waals surface area (Å²) in [5.74, 6) is 4.67. The molecule has 3 aromatic rings. The summed E-state index contributed by atoms with van der Waals surface area (Å²) in [6, 6.07) is 17.8. The molecular formula is C25H22F2. The Balaban J connectivity index is 1.87. The number of aryl methyl sites for hydroxylation is 2. The summed E-state index contributed by atoms with van der Waals surface area (Å²) in [6.45, 7) is 4.19. The largest absolute Gasteiger partial charge is 0.206 e. The van der Waals surface area contributed by atoms with Gasteiger partial charge < -0.3 is 0 Å². The van der Waals surface area contributed by atoms with Crippen LogP contribution >= 0.6 is 0 Å². The Labute approximate surface area is 159 Å². The molecule has 0 fully saturated rings. The van der Waals surface area contributed by atoms with Crippen molar-refractivity contribution in [1.82, 2.24) is 0 Å². The molecule has 0 nitrogen and oxygen atoms in total. The fraction of sp³-hybridized carbons (Fsp3) is 0.200. The minimum absolute atomic E-state index is 0.0680. The van der Waals surface area contributed by atoms with E-state index in [9.17, 15) is 8.78 Å². The highest BCUT2D eigenvalue weighted by atomic mass is 19.1. The molecule has 0 amide bonds. The van der Waals surface area contributed by atoms with Crippen LogP contribution in [-0.4, -0.2) is 0 Å². The Kier molecular flexibility index (Phi) is 6.04. The van der Waals surface area contributed by atoms with Crippen molar-refractivity contribution in [2.75, 3.05) is 0 Å². The highest BCUT2D eigenvalue weighted by Crippen LogP contribution is 2.26. The zero-order chi connectivity index (χ0) is 19.2. The van der Waals surface area contributed by atoms with E-state index < -0.39 is 11.6 Å². The standard InChI is InChI=1S/C25H22F2/c1-3-5-19-10-13-21(14-11-19)23-17-24(26)22(16-25(23)27)15-12-20-8-6-18(4-2)7-9-20/h6-11,13-14,16-17H,3-5H2,1-2H3. The van der Waals surface area contributed by atoms with Gasteiger partial charge in [-0.1, -0.05) is 68.5 Å². The Bertz CT molecular complexity index is 972. The summed E-state index contributed by atoms with van der Waals surface area (Å²) < 4.78 is 29.0. The number of hydrogen-bond acceptors (Lipinski definition) is 0. The van der Waals surface area contributed by atoms with E-state index in [4.69, 9.17) is 0 Å². The molecule has 0 saturated heterocycles. The number of benzene rings is 3. The molecule has 0 aliphatic carbocycles. The maximum Gasteiger partial charge on any atom is 0.139 e. The maximum absolute atomic E-state index is 14.6. The molecule has 3 rings (SSSR count). The van der Waals surface area contributed by atoms with Crippen molar-refractivity contribution in [3.05, 3.63) is 94.6 Å². The molecule has 0 saturated carbocycles. The van der Waals surface area contributed by atoms with Gasteiger partial charge in [-0.15, -0.1) is 0 Å². The van der Waals surface area contributed by atoms with Crippen molar-refractivity contribution in [2.45, 2.75) is 33.1 Å². The van der Waals surface area contributed by atoms with Gasteiger partial charge in [0, 0.05) is 11.1 Å². The molecule has 27 heavy (non-hydrogen) atoms. The van der Waals surface area contributed by atoms with Crippen LogP contribution in [0, 0.1) is 23.5 Å². The molecule has 0 N–H and O–H groups in total. The zero-order valence-corrected chi connectivity index (χ0v) is 15.7. The summed E-state index contributed by atoms with van der Waals surface area (Å²) in [5.41, 5.74) is 4.18. The SMILES string of the molecule is CCCc1ccc(-c2cc(F)c(C#Cc3ccc(CC)cc3)cc2F)cc1. The fourth-order valence-electron chi connectivity index (χ4n) is 2.97. The average molecular weight is 360 g/mol. The van der Waals surface area contributed by atoms with Crippen molar-refractivity contribution in [3.63, 3.8) is 0 Å². The molecule has 2 heteroatoms. The minimum atomic E-state index is -0.512. The molecule has 136 valence electrons. The Morgan fingerprint density at radius 2 is 1.41 bits per heavy atom. The molecule has 0 aliphatic heterocycles. The third-order valence-corrected chi connectivity index (χ3v) is 4.56. The van der Waals surface area contributed by atoms with Gasteiger partial charge in [-0.2, -0.15) is 0 Å². The van der Waals surface area contributed by atoms with Gasteiger partial charge in [-0.3, -0.25) is 0 Å². The van der Waals surface area contributed by atoms with E-state index in [1.54, 1.807) is 0 Å². The molecule has 0 spiro atoms. The molecule has 0 atom stereocenters. The van der Waals surface area contributed by atoms with Gasteiger partial charge in [-0.05, 0) is 53.8 Å². The Morgan fingerprint density at radius 1 is 0.741 bits per heavy atom. The Hall–Kier alpha value is -2.92. The van der Waals surface area contributed by atoms with Gasteiger partial charge in [0.2, 0.25) is 0 Å². The number of hydrogen-bond donors (Lipinski definition) is 0. The van der Waals surface area contributed by atoms with Crippen LogP contribution < -0.4 is 0 Å². The second kappa shape index (κ2) is 8.64. The monoisotopic (exact) mass is 360 g/mol. The van der Waals surface area contributed by atoms with E-state index in [2.05, 4.69) is 25.7 Å². The molecule has 0 aromatic heterocycles. The summed E-state index contributed by atoms with van der Waals surface area (Å²) in [6.07, 6.45) is 2.98. The molecular weight excluding hydrogens is 338 g/mol. The summed E-state index contributed by atoms with van der Waals surface area (Å²) in [4.78, 5) is 0. The summed E-state index contributed by atoms with van der Waals surface area (Å²) in [7, 11) is 0. The molecule has 0 heterocycles. The third-order valence-electron chi connectivity index (χ3n) is 4.56. The van der Waals surface area contributed by atoms with Crippen LogP contribution in [0.3, 0.4) is 0 Å². The van der Waals surface area contributed by atoms with Gasteiger partial charge in [0.1, 0.15) is 11.6 Å². The lowest BCUT2D eigenvalue weighted by Crippen LogP contribution is -1.92. The van der Waals surface area contributed by atoms with Crippen LogP contribution in [0.5, 0.6) is 0 Å². The lowest BCUT2D eigenvalue weighted by Gasteiger charge is -2.07. The second-order valence-electron chi connectivity index (χ2n) is 6.56. The van der Waals surface area contributed by atoms with E-state index in [-0.39, 0.29) is 11.1 Å². The van der Waals surface area contributed by atoms with Crippen molar-refractivity contribution in [3.8, 4) is 23.0 Å². The van der Waals surface area contributed by atoms with Crippen molar-refractivity contribution in [2.24, 2.45) is 0 Å². The quantitative estimate of drug-likeness (QED) is 0.463. The van der Waals surface area contributed by atoms with Gasteiger partial charge in [0.25, 0.3) is 0 Å². The molecule has 0 aliphatic rings. The van der Waals surface area contributed by atoms with Crippen LogP contribution in [0.1, 0.15) is 42.5 Å². The average Bonchev–Trinajstić information content (AvgIpc) is 2.69.